The van der Waals surface area contributed by atoms with Gasteiger partial charge in [-0.2, -0.15) is 0 Å². The number of aryl methyl sites for hydroxylation is 2. The summed E-state index contributed by atoms with van der Waals surface area (Å²) in [6, 6.07) is 17.2. The lowest BCUT2D eigenvalue weighted by atomic mass is 10.2. The maximum atomic E-state index is 2.21. The summed E-state index contributed by atoms with van der Waals surface area (Å²) in [5.41, 5.74) is 2.62. The van der Waals surface area contributed by atoms with Gasteiger partial charge in [0.2, 0.25) is 0 Å². The zero-order valence-corrected chi connectivity index (χ0v) is 11.8. The van der Waals surface area contributed by atoms with E-state index in [9.17, 15) is 0 Å². The quantitative estimate of drug-likeness (QED) is 0.674. The van der Waals surface area contributed by atoms with E-state index in [1.165, 1.54) is 20.9 Å². The predicted octanol–water partition coefficient (Wildman–Crippen LogP) is 5.48. The van der Waals surface area contributed by atoms with Crippen LogP contribution in [0.2, 0.25) is 0 Å². The second kappa shape index (κ2) is 7.18. The van der Waals surface area contributed by atoms with Gasteiger partial charge >= 0.3 is 0 Å². The Morgan fingerprint density at radius 1 is 0.706 bits per heavy atom. The summed E-state index contributed by atoms with van der Waals surface area (Å²) in [7, 11) is 0. The van der Waals surface area contributed by atoms with E-state index in [2.05, 4.69) is 62.4 Å². The molecule has 2 aromatic carbocycles. The molecule has 0 radical (unpaired) electrons. The Balaban J connectivity index is 0.000000686. The molecule has 0 aliphatic heterocycles. The summed E-state index contributed by atoms with van der Waals surface area (Å²) >= 11 is 1.81. The molecule has 0 aliphatic carbocycles. The van der Waals surface area contributed by atoms with Crippen molar-refractivity contribution in [1.29, 1.82) is 0 Å². The van der Waals surface area contributed by atoms with Crippen molar-refractivity contribution in [3.8, 4) is 0 Å². The van der Waals surface area contributed by atoms with Gasteiger partial charge in [-0.3, -0.25) is 0 Å². The van der Waals surface area contributed by atoms with Crippen LogP contribution in [0.1, 0.15) is 25.0 Å². The summed E-state index contributed by atoms with van der Waals surface area (Å²) in [5, 5.41) is 0. The summed E-state index contributed by atoms with van der Waals surface area (Å²) in [6.07, 6.45) is 0. The van der Waals surface area contributed by atoms with Crippen LogP contribution in [-0.4, -0.2) is 0 Å². The topological polar surface area (TPSA) is 0 Å². The number of hydrogen-bond acceptors (Lipinski definition) is 1. The average molecular weight is 244 g/mol. The first-order valence-corrected chi connectivity index (χ1v) is 6.87. The molecule has 0 N–H and O–H groups in total. The molecule has 0 saturated carbocycles. The molecule has 0 saturated heterocycles. The first kappa shape index (κ1) is 13.9. The van der Waals surface area contributed by atoms with Crippen LogP contribution in [0.3, 0.4) is 0 Å². The third-order valence-corrected chi connectivity index (χ3v) is 3.24. The number of rotatable bonds is 2. The van der Waals surface area contributed by atoms with Crippen molar-refractivity contribution < 1.29 is 0 Å². The molecule has 2 rings (SSSR count). The molecular formula is C16H20S. The Hall–Kier alpha value is -1.21. The lowest BCUT2D eigenvalue weighted by molar-refractivity contribution is 1.33. The van der Waals surface area contributed by atoms with E-state index >= 15 is 0 Å². The van der Waals surface area contributed by atoms with E-state index in [0.717, 1.165) is 0 Å². The van der Waals surface area contributed by atoms with Crippen LogP contribution in [0.15, 0.2) is 58.3 Å². The molecule has 0 nitrogen and oxygen atoms in total. The molecule has 0 fully saturated rings. The number of benzene rings is 2. The van der Waals surface area contributed by atoms with Crippen LogP contribution in [0, 0.1) is 13.8 Å². The van der Waals surface area contributed by atoms with Crippen LogP contribution in [0.25, 0.3) is 0 Å². The third kappa shape index (κ3) is 4.66. The van der Waals surface area contributed by atoms with Crippen molar-refractivity contribution in [1.82, 2.24) is 0 Å². The van der Waals surface area contributed by atoms with Crippen molar-refractivity contribution in [2.75, 3.05) is 0 Å². The zero-order chi connectivity index (χ0) is 12.7. The van der Waals surface area contributed by atoms with Gasteiger partial charge in [-0.1, -0.05) is 61.0 Å². The Kier molecular flexibility index (Phi) is 5.85. The second-order valence-electron chi connectivity index (χ2n) is 3.73. The van der Waals surface area contributed by atoms with Gasteiger partial charge in [0.25, 0.3) is 0 Å². The van der Waals surface area contributed by atoms with Gasteiger partial charge in [0.15, 0.2) is 0 Å². The van der Waals surface area contributed by atoms with Crippen LogP contribution in [0.4, 0.5) is 0 Å². The molecular weight excluding hydrogens is 224 g/mol. The van der Waals surface area contributed by atoms with Gasteiger partial charge in [0.05, 0.1) is 0 Å². The summed E-state index contributed by atoms with van der Waals surface area (Å²) in [4.78, 5) is 2.60. The first-order chi connectivity index (χ1) is 8.24. The summed E-state index contributed by atoms with van der Waals surface area (Å²) in [5.74, 6) is 0. The standard InChI is InChI=1S/C14H14S.C2H6/c1-11-6-8-13(9-7-11)15-14-5-3-4-12(2)10-14;1-2/h3-10H,1-2H3;1-2H3. The summed E-state index contributed by atoms with van der Waals surface area (Å²) < 4.78 is 0. The Morgan fingerprint density at radius 2 is 1.35 bits per heavy atom. The van der Waals surface area contributed by atoms with Gasteiger partial charge in [-0.05, 0) is 38.1 Å². The highest BCUT2D eigenvalue weighted by Gasteiger charge is 1.96. The van der Waals surface area contributed by atoms with E-state index in [0.29, 0.717) is 0 Å². The zero-order valence-electron chi connectivity index (χ0n) is 11.0. The van der Waals surface area contributed by atoms with Crippen molar-refractivity contribution in [3.05, 3.63) is 59.7 Å². The fourth-order valence-corrected chi connectivity index (χ4v) is 2.36. The normalized spacial score (nSPS) is 9.41. The molecule has 2 aromatic rings. The third-order valence-electron chi connectivity index (χ3n) is 2.25. The minimum Gasteiger partial charge on any atom is -0.0901 e. The molecule has 0 aliphatic rings. The van der Waals surface area contributed by atoms with Gasteiger partial charge in [-0.25, -0.2) is 0 Å². The molecule has 0 aromatic heterocycles. The first-order valence-electron chi connectivity index (χ1n) is 6.05. The van der Waals surface area contributed by atoms with E-state index in [4.69, 9.17) is 0 Å². The van der Waals surface area contributed by atoms with Crippen molar-refractivity contribution in [2.45, 2.75) is 37.5 Å². The maximum Gasteiger partial charge on any atom is 0.0124 e. The van der Waals surface area contributed by atoms with Crippen molar-refractivity contribution >= 4 is 11.8 Å². The molecule has 0 amide bonds. The molecule has 0 unspecified atom stereocenters. The second-order valence-corrected chi connectivity index (χ2v) is 4.88. The smallest absolute Gasteiger partial charge is 0.0124 e. The van der Waals surface area contributed by atoms with Crippen molar-refractivity contribution in [3.63, 3.8) is 0 Å². The van der Waals surface area contributed by atoms with E-state index in [-0.39, 0.29) is 0 Å². The highest BCUT2D eigenvalue weighted by atomic mass is 32.2. The minimum absolute atomic E-state index is 1.30. The van der Waals surface area contributed by atoms with Gasteiger partial charge in [0, 0.05) is 9.79 Å². The lowest BCUT2D eigenvalue weighted by Crippen LogP contribution is -1.76. The number of hydrogen-bond donors (Lipinski definition) is 0. The van der Waals surface area contributed by atoms with Gasteiger partial charge < -0.3 is 0 Å². The largest absolute Gasteiger partial charge is 0.0901 e. The Bertz CT molecular complexity index is 443. The lowest BCUT2D eigenvalue weighted by Gasteiger charge is -2.02. The molecule has 0 spiro atoms. The fourth-order valence-electron chi connectivity index (χ4n) is 1.42. The van der Waals surface area contributed by atoms with Crippen LogP contribution < -0.4 is 0 Å². The van der Waals surface area contributed by atoms with Crippen molar-refractivity contribution in [2.24, 2.45) is 0 Å². The highest BCUT2D eigenvalue weighted by molar-refractivity contribution is 7.99. The molecule has 90 valence electrons. The highest BCUT2D eigenvalue weighted by Crippen LogP contribution is 2.27. The fraction of sp³-hybridized carbons (Fsp3) is 0.250. The Labute approximate surface area is 109 Å². The molecule has 0 bridgehead atoms. The van der Waals surface area contributed by atoms with Gasteiger partial charge in [0.1, 0.15) is 0 Å². The predicted molar refractivity (Wildman–Crippen MR) is 77.8 cm³/mol. The molecule has 1 heteroatoms. The molecule has 0 heterocycles. The summed E-state index contributed by atoms with van der Waals surface area (Å²) in [6.45, 7) is 8.24. The monoisotopic (exact) mass is 244 g/mol. The van der Waals surface area contributed by atoms with Crippen LogP contribution in [0.5, 0.6) is 0 Å². The van der Waals surface area contributed by atoms with E-state index in [1.807, 2.05) is 25.6 Å². The molecule has 17 heavy (non-hydrogen) atoms. The Morgan fingerprint density at radius 3 is 1.94 bits per heavy atom. The van der Waals surface area contributed by atoms with E-state index in [1.54, 1.807) is 0 Å². The van der Waals surface area contributed by atoms with Gasteiger partial charge in [-0.15, -0.1) is 0 Å². The van der Waals surface area contributed by atoms with Crippen LogP contribution >= 0.6 is 11.8 Å². The maximum absolute atomic E-state index is 2.21. The van der Waals surface area contributed by atoms with Crippen LogP contribution in [-0.2, 0) is 0 Å². The SMILES string of the molecule is CC.Cc1ccc(Sc2cccc(C)c2)cc1. The average Bonchev–Trinajstić information content (AvgIpc) is 2.35. The minimum atomic E-state index is 1.30. The molecule has 0 atom stereocenters. The van der Waals surface area contributed by atoms with E-state index < -0.39 is 0 Å².